The van der Waals surface area contributed by atoms with Gasteiger partial charge in [-0.05, 0) is 12.3 Å². The van der Waals surface area contributed by atoms with Crippen LogP contribution in [0.2, 0.25) is 0 Å². The average molecular weight is 295 g/mol. The monoisotopic (exact) mass is 295 g/mol. The van der Waals surface area contributed by atoms with Crippen molar-refractivity contribution in [3.05, 3.63) is 0 Å². The van der Waals surface area contributed by atoms with E-state index in [0.29, 0.717) is 19.0 Å². The smallest absolute Gasteiger partial charge is 0.381 e. The Morgan fingerprint density at radius 2 is 1.80 bits per heavy atom. The van der Waals surface area contributed by atoms with Crippen LogP contribution in [0.3, 0.4) is 0 Å². The molecule has 2 heterocycles. The zero-order chi connectivity index (χ0) is 14.4. The van der Waals surface area contributed by atoms with Gasteiger partial charge in [0, 0.05) is 52.4 Å². The van der Waals surface area contributed by atoms with Crippen LogP contribution < -0.4 is 5.32 Å². The van der Waals surface area contributed by atoms with Gasteiger partial charge in [0.1, 0.15) is 0 Å². The quantitative estimate of drug-likeness (QED) is 0.733. The van der Waals surface area contributed by atoms with Gasteiger partial charge in [-0.15, -0.1) is 0 Å². The van der Waals surface area contributed by atoms with Crippen molar-refractivity contribution in [2.75, 3.05) is 65.6 Å². The summed E-state index contributed by atoms with van der Waals surface area (Å²) in [4.78, 5) is 3.71. The lowest BCUT2D eigenvalue weighted by Crippen LogP contribution is -2.50. The second-order valence-corrected chi connectivity index (χ2v) is 5.67. The Morgan fingerprint density at radius 3 is 2.40 bits per heavy atom. The largest absolute Gasteiger partial charge is 0.401 e. The summed E-state index contributed by atoms with van der Waals surface area (Å²) in [5, 5.41) is 3.41. The van der Waals surface area contributed by atoms with E-state index in [4.69, 9.17) is 4.74 Å². The molecule has 20 heavy (non-hydrogen) atoms. The van der Waals surface area contributed by atoms with E-state index in [-0.39, 0.29) is 0 Å². The van der Waals surface area contributed by atoms with Gasteiger partial charge in [0.15, 0.2) is 0 Å². The van der Waals surface area contributed by atoms with Gasteiger partial charge in [0.25, 0.3) is 0 Å². The van der Waals surface area contributed by atoms with Crippen molar-refractivity contribution in [2.45, 2.75) is 12.6 Å². The van der Waals surface area contributed by atoms with Crippen LogP contribution in [0.25, 0.3) is 0 Å². The molecule has 0 spiro atoms. The molecule has 0 saturated carbocycles. The summed E-state index contributed by atoms with van der Waals surface area (Å²) in [7, 11) is 0. The van der Waals surface area contributed by atoms with Gasteiger partial charge in [-0.2, -0.15) is 13.2 Å². The lowest BCUT2D eigenvalue weighted by molar-refractivity contribution is -0.149. The molecule has 0 aromatic carbocycles. The molecular formula is C13H24F3N3O. The first-order valence-electron chi connectivity index (χ1n) is 7.33. The van der Waals surface area contributed by atoms with Crippen LogP contribution in [0.15, 0.2) is 0 Å². The standard InChI is InChI=1S/C13H24F3N3O/c14-13(15,16)11-19-6-4-18(5-7-19)3-2-17-9-12-1-8-20-10-12/h12,17H,1-11H2. The van der Waals surface area contributed by atoms with E-state index in [2.05, 4.69) is 10.2 Å². The maximum Gasteiger partial charge on any atom is 0.401 e. The number of rotatable bonds is 6. The summed E-state index contributed by atoms with van der Waals surface area (Å²) >= 11 is 0. The van der Waals surface area contributed by atoms with E-state index in [1.54, 1.807) is 0 Å². The summed E-state index contributed by atoms with van der Waals surface area (Å²) in [5.74, 6) is 0.624. The predicted molar refractivity (Wildman–Crippen MR) is 70.7 cm³/mol. The molecule has 0 aromatic rings. The second-order valence-electron chi connectivity index (χ2n) is 5.67. The Hall–Kier alpha value is -0.370. The molecule has 7 heteroatoms. The molecule has 2 aliphatic heterocycles. The first-order valence-corrected chi connectivity index (χ1v) is 7.33. The van der Waals surface area contributed by atoms with Crippen LogP contribution in [0.4, 0.5) is 13.2 Å². The third-order valence-electron chi connectivity index (χ3n) is 3.93. The van der Waals surface area contributed by atoms with Gasteiger partial charge >= 0.3 is 6.18 Å². The number of hydrogen-bond donors (Lipinski definition) is 1. The van der Waals surface area contributed by atoms with E-state index in [1.165, 1.54) is 4.90 Å². The Morgan fingerprint density at radius 1 is 1.10 bits per heavy atom. The molecule has 2 rings (SSSR count). The Bertz CT molecular complexity index is 275. The van der Waals surface area contributed by atoms with E-state index in [1.807, 2.05) is 0 Å². The Labute approximate surface area is 118 Å². The molecule has 0 bridgehead atoms. The predicted octanol–water partition coefficient (Wildman–Crippen LogP) is 0.792. The van der Waals surface area contributed by atoms with Crippen LogP contribution in [0.5, 0.6) is 0 Å². The molecule has 0 amide bonds. The summed E-state index contributed by atoms with van der Waals surface area (Å²) in [6.07, 6.45) is -2.95. The van der Waals surface area contributed by atoms with Crippen molar-refractivity contribution < 1.29 is 17.9 Å². The highest BCUT2D eigenvalue weighted by Crippen LogP contribution is 2.17. The molecule has 1 N–H and O–H groups in total. The number of alkyl halides is 3. The minimum Gasteiger partial charge on any atom is -0.381 e. The molecule has 4 nitrogen and oxygen atoms in total. The molecule has 2 saturated heterocycles. The third-order valence-corrected chi connectivity index (χ3v) is 3.93. The van der Waals surface area contributed by atoms with Crippen LogP contribution in [0, 0.1) is 5.92 Å². The molecule has 2 aliphatic rings. The molecule has 118 valence electrons. The maximum absolute atomic E-state index is 12.3. The fraction of sp³-hybridized carbons (Fsp3) is 1.00. The fourth-order valence-corrected chi connectivity index (χ4v) is 2.71. The molecule has 0 aromatic heterocycles. The van der Waals surface area contributed by atoms with Crippen LogP contribution in [-0.4, -0.2) is 81.5 Å². The SMILES string of the molecule is FC(F)(F)CN1CCN(CCNCC2CCOC2)CC1. The summed E-state index contributed by atoms with van der Waals surface area (Å²) in [5.41, 5.74) is 0. The third kappa shape index (κ3) is 5.95. The van der Waals surface area contributed by atoms with E-state index in [0.717, 1.165) is 52.4 Å². The van der Waals surface area contributed by atoms with Crippen LogP contribution in [-0.2, 0) is 4.74 Å². The van der Waals surface area contributed by atoms with Crippen LogP contribution in [0.1, 0.15) is 6.42 Å². The topological polar surface area (TPSA) is 27.7 Å². The highest BCUT2D eigenvalue weighted by molar-refractivity contribution is 4.75. The maximum atomic E-state index is 12.3. The van der Waals surface area contributed by atoms with E-state index < -0.39 is 12.7 Å². The molecule has 0 radical (unpaired) electrons. The number of ether oxygens (including phenoxy) is 1. The summed E-state index contributed by atoms with van der Waals surface area (Å²) < 4.78 is 42.1. The Balaban J connectivity index is 1.51. The Kier molecular flexibility index (Phi) is 6.07. The zero-order valence-corrected chi connectivity index (χ0v) is 11.8. The van der Waals surface area contributed by atoms with Crippen molar-refractivity contribution in [3.8, 4) is 0 Å². The van der Waals surface area contributed by atoms with E-state index in [9.17, 15) is 13.2 Å². The van der Waals surface area contributed by atoms with Crippen molar-refractivity contribution in [1.82, 2.24) is 15.1 Å². The van der Waals surface area contributed by atoms with Gasteiger partial charge in [-0.1, -0.05) is 0 Å². The average Bonchev–Trinajstić information content (AvgIpc) is 2.88. The van der Waals surface area contributed by atoms with Gasteiger partial charge in [0.2, 0.25) is 0 Å². The summed E-state index contributed by atoms with van der Waals surface area (Å²) in [6, 6.07) is 0. The first-order chi connectivity index (χ1) is 9.53. The van der Waals surface area contributed by atoms with Crippen molar-refractivity contribution in [3.63, 3.8) is 0 Å². The van der Waals surface area contributed by atoms with Crippen molar-refractivity contribution in [1.29, 1.82) is 0 Å². The molecule has 1 unspecified atom stereocenters. The zero-order valence-electron chi connectivity index (χ0n) is 11.8. The first kappa shape index (κ1) is 16.0. The van der Waals surface area contributed by atoms with Crippen molar-refractivity contribution >= 4 is 0 Å². The van der Waals surface area contributed by atoms with Crippen molar-refractivity contribution in [2.24, 2.45) is 5.92 Å². The minimum atomic E-state index is -4.08. The van der Waals surface area contributed by atoms with Gasteiger partial charge < -0.3 is 10.1 Å². The van der Waals surface area contributed by atoms with E-state index >= 15 is 0 Å². The second kappa shape index (κ2) is 7.59. The lowest BCUT2D eigenvalue weighted by atomic mass is 10.1. The van der Waals surface area contributed by atoms with Gasteiger partial charge in [-0.3, -0.25) is 9.80 Å². The number of halogens is 3. The highest BCUT2D eigenvalue weighted by Gasteiger charge is 2.31. The molecule has 1 atom stereocenters. The highest BCUT2D eigenvalue weighted by atomic mass is 19.4. The molecule has 0 aliphatic carbocycles. The number of nitrogens with one attached hydrogen (secondary N) is 1. The normalized spacial score (nSPS) is 26.2. The molecular weight excluding hydrogens is 271 g/mol. The van der Waals surface area contributed by atoms with Gasteiger partial charge in [0.05, 0.1) is 13.2 Å². The van der Waals surface area contributed by atoms with Gasteiger partial charge in [-0.25, -0.2) is 0 Å². The minimum absolute atomic E-state index is 0.510. The fourth-order valence-electron chi connectivity index (χ4n) is 2.71. The summed E-state index contributed by atoms with van der Waals surface area (Å²) in [6.45, 7) is 6.20. The number of piperazine rings is 1. The number of hydrogen-bond acceptors (Lipinski definition) is 4. The molecule has 2 fully saturated rings. The van der Waals surface area contributed by atoms with Crippen LogP contribution >= 0.6 is 0 Å². The number of nitrogens with zero attached hydrogens (tertiary/aromatic N) is 2. The lowest BCUT2D eigenvalue weighted by Gasteiger charge is -2.35.